The van der Waals surface area contributed by atoms with Gasteiger partial charge < -0.3 is 10.1 Å². The van der Waals surface area contributed by atoms with E-state index < -0.39 is 5.97 Å². The minimum atomic E-state index is -0.421. The number of amides is 1. The highest BCUT2D eigenvalue weighted by Crippen LogP contribution is 2.32. The normalized spacial score (nSPS) is 19.3. The number of carbonyl (C=O) groups excluding carboxylic acids is 2. The number of para-hydroxylation sites is 1. The number of pyridine rings is 1. The number of aromatic nitrogens is 1. The number of nitrogens with one attached hydrogen (secondary N) is 1. The van der Waals surface area contributed by atoms with Gasteiger partial charge in [-0.1, -0.05) is 25.1 Å². The van der Waals surface area contributed by atoms with Gasteiger partial charge in [-0.3, -0.25) is 9.78 Å². The number of hydrogen-bond acceptors (Lipinski definition) is 4. The molecule has 4 rings (SSSR count). The van der Waals surface area contributed by atoms with E-state index in [0.717, 1.165) is 54.3 Å². The Bertz CT molecular complexity index is 842. The second kappa shape index (κ2) is 6.47. The van der Waals surface area contributed by atoms with Crippen LogP contribution in [0.5, 0.6) is 0 Å². The van der Waals surface area contributed by atoms with Crippen molar-refractivity contribution >= 4 is 22.8 Å². The molecule has 0 unspecified atom stereocenters. The SMILES string of the molecule is C[C@@H]1CCc2nc3ccccc3c(C(=O)OCC(=O)NC3CC3)c2C1. The number of aryl methyl sites for hydroxylation is 1. The molecular weight excluding hydrogens is 316 g/mol. The predicted molar refractivity (Wildman–Crippen MR) is 94.4 cm³/mol. The Morgan fingerprint density at radius 2 is 2.04 bits per heavy atom. The van der Waals surface area contributed by atoms with E-state index in [1.54, 1.807) is 0 Å². The summed E-state index contributed by atoms with van der Waals surface area (Å²) in [7, 11) is 0. The molecule has 25 heavy (non-hydrogen) atoms. The van der Waals surface area contributed by atoms with Gasteiger partial charge >= 0.3 is 5.97 Å². The first-order valence-electron chi connectivity index (χ1n) is 8.99. The lowest BCUT2D eigenvalue weighted by Gasteiger charge is -2.24. The molecule has 1 aromatic heterocycles. The van der Waals surface area contributed by atoms with E-state index in [4.69, 9.17) is 9.72 Å². The largest absolute Gasteiger partial charge is 0.452 e. The van der Waals surface area contributed by atoms with Crippen molar-refractivity contribution in [1.29, 1.82) is 0 Å². The quantitative estimate of drug-likeness (QED) is 0.871. The third-order valence-corrected chi connectivity index (χ3v) is 4.99. The van der Waals surface area contributed by atoms with E-state index in [9.17, 15) is 9.59 Å². The summed E-state index contributed by atoms with van der Waals surface area (Å²) in [5, 5.41) is 3.65. The van der Waals surface area contributed by atoms with Gasteiger partial charge in [-0.15, -0.1) is 0 Å². The van der Waals surface area contributed by atoms with Crippen molar-refractivity contribution < 1.29 is 14.3 Å². The molecule has 2 aliphatic rings. The third kappa shape index (κ3) is 3.36. The minimum Gasteiger partial charge on any atom is -0.452 e. The zero-order valence-corrected chi connectivity index (χ0v) is 14.4. The number of fused-ring (bicyclic) bond motifs is 2. The van der Waals surface area contributed by atoms with Crippen LogP contribution in [0.25, 0.3) is 10.9 Å². The van der Waals surface area contributed by atoms with Gasteiger partial charge in [0.2, 0.25) is 0 Å². The molecule has 5 heteroatoms. The molecule has 1 heterocycles. The first-order valence-corrected chi connectivity index (χ1v) is 8.99. The molecule has 0 aliphatic heterocycles. The predicted octanol–water partition coefficient (Wildman–Crippen LogP) is 2.80. The van der Waals surface area contributed by atoms with E-state index in [1.807, 2.05) is 24.3 Å². The van der Waals surface area contributed by atoms with E-state index >= 15 is 0 Å². The van der Waals surface area contributed by atoms with Gasteiger partial charge in [0, 0.05) is 17.1 Å². The zero-order valence-electron chi connectivity index (χ0n) is 14.4. The topological polar surface area (TPSA) is 68.3 Å². The number of rotatable bonds is 4. The Labute approximate surface area is 146 Å². The smallest absolute Gasteiger partial charge is 0.339 e. The zero-order chi connectivity index (χ0) is 17.4. The number of ether oxygens (including phenoxy) is 1. The van der Waals surface area contributed by atoms with Gasteiger partial charge in [0.25, 0.3) is 5.91 Å². The van der Waals surface area contributed by atoms with Crippen molar-refractivity contribution in [2.45, 2.75) is 45.1 Å². The molecule has 1 fully saturated rings. The first kappa shape index (κ1) is 16.1. The molecule has 1 atom stereocenters. The van der Waals surface area contributed by atoms with Gasteiger partial charge in [-0.05, 0) is 49.7 Å². The second-order valence-electron chi connectivity index (χ2n) is 7.20. The molecule has 0 radical (unpaired) electrons. The molecule has 130 valence electrons. The molecule has 5 nitrogen and oxygen atoms in total. The first-order chi connectivity index (χ1) is 12.1. The molecule has 2 aromatic rings. The number of benzene rings is 1. The van der Waals surface area contributed by atoms with Crippen LogP contribution in [0.3, 0.4) is 0 Å². The van der Waals surface area contributed by atoms with Crippen molar-refractivity contribution in [2.24, 2.45) is 5.92 Å². The summed E-state index contributed by atoms with van der Waals surface area (Å²) in [6, 6.07) is 7.92. The molecule has 0 bridgehead atoms. The summed E-state index contributed by atoms with van der Waals surface area (Å²) in [5.41, 5.74) is 3.38. The van der Waals surface area contributed by atoms with Crippen LogP contribution in [-0.2, 0) is 22.4 Å². The number of nitrogens with zero attached hydrogens (tertiary/aromatic N) is 1. The van der Waals surface area contributed by atoms with Crippen molar-refractivity contribution in [3.8, 4) is 0 Å². The summed E-state index contributed by atoms with van der Waals surface area (Å²) in [5.74, 6) is -0.133. The summed E-state index contributed by atoms with van der Waals surface area (Å²) in [4.78, 5) is 29.4. The van der Waals surface area contributed by atoms with Crippen molar-refractivity contribution in [1.82, 2.24) is 10.3 Å². The van der Waals surface area contributed by atoms with Crippen LogP contribution in [0.1, 0.15) is 47.8 Å². The fraction of sp³-hybridized carbons (Fsp3) is 0.450. The maximum Gasteiger partial charge on any atom is 0.339 e. The fourth-order valence-electron chi connectivity index (χ4n) is 3.50. The Kier molecular flexibility index (Phi) is 4.15. The lowest BCUT2D eigenvalue weighted by atomic mass is 9.84. The van der Waals surface area contributed by atoms with E-state index in [-0.39, 0.29) is 18.6 Å². The Morgan fingerprint density at radius 1 is 1.24 bits per heavy atom. The number of carbonyl (C=O) groups is 2. The average molecular weight is 338 g/mol. The van der Waals surface area contributed by atoms with E-state index in [0.29, 0.717) is 11.5 Å². The van der Waals surface area contributed by atoms with Gasteiger partial charge in [-0.2, -0.15) is 0 Å². The number of esters is 1. The van der Waals surface area contributed by atoms with E-state index in [1.165, 1.54) is 0 Å². The standard InChI is InChI=1S/C20H22N2O3/c1-12-6-9-17-15(10-12)19(14-4-2-3-5-16(14)22-17)20(24)25-11-18(23)21-13-7-8-13/h2-5,12-13H,6-11H2,1H3,(H,21,23)/t12-/m1/s1. The summed E-state index contributed by atoms with van der Waals surface area (Å²) >= 11 is 0. The van der Waals surface area contributed by atoms with Crippen molar-refractivity contribution in [2.75, 3.05) is 6.61 Å². The molecule has 0 saturated heterocycles. The summed E-state index contributed by atoms with van der Waals surface area (Å²) < 4.78 is 5.35. The second-order valence-corrected chi connectivity index (χ2v) is 7.20. The molecule has 1 aromatic carbocycles. The maximum absolute atomic E-state index is 12.8. The molecule has 1 N–H and O–H groups in total. The molecule has 2 aliphatic carbocycles. The highest BCUT2D eigenvalue weighted by molar-refractivity contribution is 6.05. The lowest BCUT2D eigenvalue weighted by molar-refractivity contribution is -0.124. The van der Waals surface area contributed by atoms with Crippen LogP contribution in [-0.4, -0.2) is 29.5 Å². The van der Waals surface area contributed by atoms with Gasteiger partial charge in [0.15, 0.2) is 6.61 Å². The maximum atomic E-state index is 12.8. The van der Waals surface area contributed by atoms with Gasteiger partial charge in [-0.25, -0.2) is 4.79 Å². The molecular formula is C20H22N2O3. The highest BCUT2D eigenvalue weighted by atomic mass is 16.5. The Morgan fingerprint density at radius 3 is 2.84 bits per heavy atom. The average Bonchev–Trinajstić information content (AvgIpc) is 3.41. The van der Waals surface area contributed by atoms with Crippen LogP contribution >= 0.6 is 0 Å². The van der Waals surface area contributed by atoms with Gasteiger partial charge in [0.05, 0.1) is 11.1 Å². The fourth-order valence-corrected chi connectivity index (χ4v) is 3.50. The Hall–Kier alpha value is -2.43. The van der Waals surface area contributed by atoms with Crippen molar-refractivity contribution in [3.63, 3.8) is 0 Å². The van der Waals surface area contributed by atoms with Crippen LogP contribution in [0.2, 0.25) is 0 Å². The third-order valence-electron chi connectivity index (χ3n) is 4.99. The van der Waals surface area contributed by atoms with Crippen LogP contribution in [0, 0.1) is 5.92 Å². The van der Waals surface area contributed by atoms with Crippen molar-refractivity contribution in [3.05, 3.63) is 41.1 Å². The summed E-state index contributed by atoms with van der Waals surface area (Å²) in [6.07, 6.45) is 4.81. The molecule has 0 spiro atoms. The molecule has 1 saturated carbocycles. The van der Waals surface area contributed by atoms with Gasteiger partial charge in [0.1, 0.15) is 0 Å². The monoisotopic (exact) mass is 338 g/mol. The van der Waals surface area contributed by atoms with E-state index in [2.05, 4.69) is 12.2 Å². The lowest BCUT2D eigenvalue weighted by Crippen LogP contribution is -2.30. The molecule has 1 amide bonds. The minimum absolute atomic E-state index is 0.226. The van der Waals surface area contributed by atoms with Crippen LogP contribution in [0.15, 0.2) is 24.3 Å². The highest BCUT2D eigenvalue weighted by Gasteiger charge is 2.27. The van der Waals surface area contributed by atoms with Crippen LogP contribution < -0.4 is 5.32 Å². The Balaban J connectivity index is 1.65. The summed E-state index contributed by atoms with van der Waals surface area (Å²) in [6.45, 7) is 1.96. The van der Waals surface area contributed by atoms with Crippen LogP contribution in [0.4, 0.5) is 0 Å². The number of hydrogen-bond donors (Lipinski definition) is 1.